The Morgan fingerprint density at radius 3 is 2.17 bits per heavy atom. The summed E-state index contributed by atoms with van der Waals surface area (Å²) < 4.78 is 12.4. The fraction of sp³-hybridized carbons (Fsp3) is 0.0769. The third-order valence-electron chi connectivity index (χ3n) is 2.08. The number of phenolic OH excluding ortho intramolecular Hbond substituents is 1. The van der Waals surface area contributed by atoms with Crippen LogP contribution >= 0.6 is 0 Å². The van der Waals surface area contributed by atoms with Crippen molar-refractivity contribution in [3.63, 3.8) is 0 Å². The SMILES string of the molecule is Cc1ccccc1.O=[N+]([O-])c1ccc(O)c(F)c1. The fourth-order valence-corrected chi connectivity index (χ4v) is 1.14. The molecule has 0 saturated carbocycles. The number of halogens is 1. The largest absolute Gasteiger partial charge is 0.505 e. The van der Waals surface area contributed by atoms with E-state index in [9.17, 15) is 14.5 Å². The fourth-order valence-electron chi connectivity index (χ4n) is 1.14. The Kier molecular flexibility index (Phi) is 4.80. The van der Waals surface area contributed by atoms with Crippen LogP contribution in [0.2, 0.25) is 0 Å². The van der Waals surface area contributed by atoms with Crippen LogP contribution in [0.1, 0.15) is 5.56 Å². The van der Waals surface area contributed by atoms with Crippen molar-refractivity contribution in [1.82, 2.24) is 0 Å². The zero-order valence-electron chi connectivity index (χ0n) is 9.71. The van der Waals surface area contributed by atoms with Crippen molar-refractivity contribution >= 4 is 5.69 Å². The molecule has 0 radical (unpaired) electrons. The normalized spacial score (nSPS) is 9.22. The Labute approximate surface area is 103 Å². The van der Waals surface area contributed by atoms with E-state index in [0.717, 1.165) is 12.1 Å². The van der Waals surface area contributed by atoms with Crippen molar-refractivity contribution in [2.75, 3.05) is 0 Å². The first-order valence-corrected chi connectivity index (χ1v) is 5.15. The highest BCUT2D eigenvalue weighted by Crippen LogP contribution is 2.20. The summed E-state index contributed by atoms with van der Waals surface area (Å²) in [6.45, 7) is 2.08. The van der Waals surface area contributed by atoms with E-state index in [0.29, 0.717) is 6.07 Å². The highest BCUT2D eigenvalue weighted by molar-refractivity contribution is 5.36. The van der Waals surface area contributed by atoms with E-state index in [1.807, 2.05) is 18.2 Å². The van der Waals surface area contributed by atoms with Crippen molar-refractivity contribution in [3.8, 4) is 5.75 Å². The van der Waals surface area contributed by atoms with Crippen molar-refractivity contribution in [1.29, 1.82) is 0 Å². The van der Waals surface area contributed by atoms with Crippen LogP contribution in [0.4, 0.5) is 10.1 Å². The lowest BCUT2D eigenvalue weighted by Crippen LogP contribution is -1.88. The summed E-state index contributed by atoms with van der Waals surface area (Å²) >= 11 is 0. The van der Waals surface area contributed by atoms with Gasteiger partial charge in [0.25, 0.3) is 5.69 Å². The summed E-state index contributed by atoms with van der Waals surface area (Å²) in [5.41, 5.74) is 0.947. The number of hydrogen-bond donors (Lipinski definition) is 1. The van der Waals surface area contributed by atoms with Crippen LogP contribution in [-0.4, -0.2) is 10.0 Å². The van der Waals surface area contributed by atoms with Gasteiger partial charge in [-0.05, 0) is 13.0 Å². The molecule has 2 rings (SSSR count). The van der Waals surface area contributed by atoms with Gasteiger partial charge in [0, 0.05) is 6.07 Å². The number of nitro benzene ring substituents is 1. The first-order valence-electron chi connectivity index (χ1n) is 5.15. The second kappa shape index (κ2) is 6.34. The topological polar surface area (TPSA) is 63.4 Å². The molecule has 1 N–H and O–H groups in total. The molecule has 2 aromatic rings. The van der Waals surface area contributed by atoms with Crippen molar-refractivity contribution in [2.24, 2.45) is 0 Å². The number of benzene rings is 2. The van der Waals surface area contributed by atoms with Gasteiger partial charge in [-0.1, -0.05) is 35.9 Å². The quantitative estimate of drug-likeness (QED) is 0.622. The molecule has 94 valence electrons. The van der Waals surface area contributed by atoms with Gasteiger partial charge in [-0.3, -0.25) is 10.1 Å². The molecule has 0 atom stereocenters. The molecule has 0 fully saturated rings. The monoisotopic (exact) mass is 249 g/mol. The molecule has 4 nitrogen and oxygen atoms in total. The van der Waals surface area contributed by atoms with E-state index in [4.69, 9.17) is 5.11 Å². The van der Waals surface area contributed by atoms with Crippen molar-refractivity contribution < 1.29 is 14.4 Å². The summed E-state index contributed by atoms with van der Waals surface area (Å²) in [4.78, 5) is 9.29. The number of nitrogens with zero attached hydrogens (tertiary/aromatic N) is 1. The lowest BCUT2D eigenvalue weighted by atomic mass is 10.2. The molecule has 18 heavy (non-hydrogen) atoms. The zero-order chi connectivity index (χ0) is 13.5. The predicted molar refractivity (Wildman–Crippen MR) is 65.9 cm³/mol. The maximum atomic E-state index is 12.4. The summed E-state index contributed by atoms with van der Waals surface area (Å²) in [6, 6.07) is 12.9. The summed E-state index contributed by atoms with van der Waals surface area (Å²) in [5.74, 6) is -1.57. The highest BCUT2D eigenvalue weighted by atomic mass is 19.1. The number of hydrogen-bond acceptors (Lipinski definition) is 3. The molecule has 0 heterocycles. The molecule has 0 aromatic heterocycles. The number of aryl methyl sites for hydroxylation is 1. The number of rotatable bonds is 1. The molecule has 2 aromatic carbocycles. The Morgan fingerprint density at radius 2 is 1.78 bits per heavy atom. The summed E-state index contributed by atoms with van der Waals surface area (Å²) in [6.07, 6.45) is 0. The van der Waals surface area contributed by atoms with E-state index in [-0.39, 0.29) is 5.69 Å². The van der Waals surface area contributed by atoms with Gasteiger partial charge in [0.2, 0.25) is 0 Å². The third-order valence-corrected chi connectivity index (χ3v) is 2.08. The molecule has 0 aliphatic carbocycles. The third kappa shape index (κ3) is 4.21. The van der Waals surface area contributed by atoms with Crippen LogP contribution < -0.4 is 0 Å². The average molecular weight is 249 g/mol. The average Bonchev–Trinajstić information content (AvgIpc) is 2.34. The molecular weight excluding hydrogens is 237 g/mol. The van der Waals surface area contributed by atoms with Gasteiger partial charge in [-0.25, -0.2) is 4.39 Å². The van der Waals surface area contributed by atoms with E-state index in [1.165, 1.54) is 5.56 Å². The number of aromatic hydroxyl groups is 1. The number of non-ortho nitro benzene ring substituents is 1. The van der Waals surface area contributed by atoms with Crippen molar-refractivity contribution in [3.05, 3.63) is 70.0 Å². The first kappa shape index (κ1) is 13.6. The van der Waals surface area contributed by atoms with Gasteiger partial charge in [0.15, 0.2) is 11.6 Å². The second-order valence-electron chi connectivity index (χ2n) is 3.55. The lowest BCUT2D eigenvalue weighted by Gasteiger charge is -1.93. The van der Waals surface area contributed by atoms with E-state index < -0.39 is 16.5 Å². The second-order valence-corrected chi connectivity index (χ2v) is 3.55. The zero-order valence-corrected chi connectivity index (χ0v) is 9.71. The standard InChI is InChI=1S/C7H8.C6H4FNO3/c1-7-5-3-2-4-6-7;7-5-3-4(8(10)11)1-2-6(5)9/h2-6H,1H3;1-3,9H. The van der Waals surface area contributed by atoms with E-state index in [2.05, 4.69) is 19.1 Å². The van der Waals surface area contributed by atoms with Gasteiger partial charge >= 0.3 is 0 Å². The van der Waals surface area contributed by atoms with Gasteiger partial charge in [0.05, 0.1) is 11.0 Å². The van der Waals surface area contributed by atoms with Crippen LogP contribution in [0.25, 0.3) is 0 Å². The lowest BCUT2D eigenvalue weighted by molar-refractivity contribution is -0.385. The van der Waals surface area contributed by atoms with Gasteiger partial charge in [0.1, 0.15) is 0 Å². The predicted octanol–water partition coefficient (Wildman–Crippen LogP) is 3.43. The minimum Gasteiger partial charge on any atom is -0.505 e. The molecule has 0 spiro atoms. The van der Waals surface area contributed by atoms with Crippen LogP contribution in [0.3, 0.4) is 0 Å². The van der Waals surface area contributed by atoms with E-state index in [1.54, 1.807) is 0 Å². The molecule has 5 heteroatoms. The molecule has 0 unspecified atom stereocenters. The van der Waals surface area contributed by atoms with Gasteiger partial charge < -0.3 is 5.11 Å². The van der Waals surface area contributed by atoms with Crippen molar-refractivity contribution in [2.45, 2.75) is 6.92 Å². The number of nitro groups is 1. The molecule has 0 saturated heterocycles. The maximum absolute atomic E-state index is 12.4. The minimum atomic E-state index is -0.987. The smallest absolute Gasteiger partial charge is 0.272 e. The van der Waals surface area contributed by atoms with Gasteiger partial charge in [-0.15, -0.1) is 0 Å². The van der Waals surface area contributed by atoms with Gasteiger partial charge in [-0.2, -0.15) is 0 Å². The minimum absolute atomic E-state index is 0.375. The van der Waals surface area contributed by atoms with Crippen LogP contribution in [-0.2, 0) is 0 Å². The molecule has 0 bridgehead atoms. The Morgan fingerprint density at radius 1 is 1.17 bits per heavy atom. The Balaban J connectivity index is 0.000000199. The molecule has 0 aliphatic rings. The van der Waals surface area contributed by atoms with Crippen LogP contribution in [0.15, 0.2) is 48.5 Å². The first-order chi connectivity index (χ1) is 8.50. The van der Waals surface area contributed by atoms with Crippen LogP contribution in [0.5, 0.6) is 5.75 Å². The Bertz CT molecular complexity index is 529. The molecular formula is C13H12FNO3. The molecule has 0 amide bonds. The highest BCUT2D eigenvalue weighted by Gasteiger charge is 2.08. The maximum Gasteiger partial charge on any atom is 0.272 e. The molecule has 0 aliphatic heterocycles. The Hall–Kier alpha value is -2.43. The summed E-state index contributed by atoms with van der Waals surface area (Å²) in [7, 11) is 0. The van der Waals surface area contributed by atoms with E-state index >= 15 is 0 Å². The summed E-state index contributed by atoms with van der Waals surface area (Å²) in [5, 5.41) is 18.6. The number of phenols is 1. The van der Waals surface area contributed by atoms with Crippen LogP contribution in [0, 0.1) is 22.9 Å².